The number of nitrogens with one attached hydrogen (secondary N) is 1. The molecule has 0 spiro atoms. The maximum atomic E-state index is 14.3. The van der Waals surface area contributed by atoms with Crippen LogP contribution in [-0.2, 0) is 4.79 Å². The van der Waals surface area contributed by atoms with E-state index >= 15 is 0 Å². The quantitative estimate of drug-likeness (QED) is 0.351. The van der Waals surface area contributed by atoms with Crippen molar-refractivity contribution in [1.29, 1.82) is 0 Å². The first-order valence-electron chi connectivity index (χ1n) is 8.57. The molecule has 0 bridgehead atoms. The molecule has 1 N–H and O–H groups in total. The highest BCUT2D eigenvalue weighted by molar-refractivity contribution is 6.31. The molecule has 3 aromatic rings. The lowest BCUT2D eigenvalue weighted by molar-refractivity contribution is -0.143. The van der Waals surface area contributed by atoms with E-state index in [4.69, 9.17) is 21.1 Å². The number of aromatic nitrogens is 2. The van der Waals surface area contributed by atoms with Crippen molar-refractivity contribution in [1.82, 2.24) is 9.97 Å². The molecule has 0 saturated carbocycles. The zero-order chi connectivity index (χ0) is 21.3. The van der Waals surface area contributed by atoms with Gasteiger partial charge in [-0.3, -0.25) is 4.79 Å². The number of esters is 1. The Morgan fingerprint density at radius 2 is 1.86 bits per heavy atom. The molecule has 152 valence electrons. The summed E-state index contributed by atoms with van der Waals surface area (Å²) in [5.74, 6) is -1.61. The molecule has 0 amide bonds. The molecule has 6 nitrogen and oxygen atoms in total. The van der Waals surface area contributed by atoms with Crippen LogP contribution in [0.3, 0.4) is 0 Å². The summed E-state index contributed by atoms with van der Waals surface area (Å²) in [7, 11) is 1.44. The molecule has 0 atom stereocenters. The fourth-order valence-electron chi connectivity index (χ4n) is 2.41. The van der Waals surface area contributed by atoms with Crippen LogP contribution in [-0.4, -0.2) is 23.0 Å². The Hall–Kier alpha value is -3.00. The molecule has 29 heavy (non-hydrogen) atoms. The first-order valence-corrected chi connectivity index (χ1v) is 8.95. The third-order valence-electron chi connectivity index (χ3n) is 4.02. The van der Waals surface area contributed by atoms with E-state index in [1.165, 1.54) is 25.6 Å². The molecular formula is C20H18ClF2N3O3. The van der Waals surface area contributed by atoms with Crippen LogP contribution in [0.4, 0.5) is 20.3 Å². The van der Waals surface area contributed by atoms with Gasteiger partial charge in [0.2, 0.25) is 0 Å². The smallest absolute Gasteiger partial charge is 0.316 e. The van der Waals surface area contributed by atoms with E-state index < -0.39 is 28.0 Å². The number of carbonyl (C=O) groups is 1. The second-order valence-electron chi connectivity index (χ2n) is 7.23. The third kappa shape index (κ3) is 4.22. The number of hydrogen-bond donors (Lipinski definition) is 1. The van der Waals surface area contributed by atoms with Gasteiger partial charge in [-0.1, -0.05) is 11.6 Å². The van der Waals surface area contributed by atoms with Crippen LogP contribution in [0.1, 0.15) is 20.8 Å². The fraction of sp³-hybridized carbons (Fsp3) is 0.250. The Kier molecular flexibility index (Phi) is 5.57. The molecule has 0 radical (unpaired) electrons. The first kappa shape index (κ1) is 20.7. The highest BCUT2D eigenvalue weighted by atomic mass is 35.5. The molecule has 0 fully saturated rings. The normalized spacial score (nSPS) is 11.4. The molecule has 0 saturated heterocycles. The molecule has 3 rings (SSSR count). The number of hydrogen-bond acceptors (Lipinski definition) is 6. The molecule has 1 heterocycles. The van der Waals surface area contributed by atoms with Gasteiger partial charge in [-0.05, 0) is 39.0 Å². The Labute approximate surface area is 170 Å². The molecule has 9 heteroatoms. The third-order valence-corrected chi connectivity index (χ3v) is 4.37. The second-order valence-corrected chi connectivity index (χ2v) is 7.61. The highest BCUT2D eigenvalue weighted by Gasteiger charge is 2.25. The van der Waals surface area contributed by atoms with Crippen LogP contribution >= 0.6 is 11.6 Å². The average molecular weight is 422 g/mol. The Morgan fingerprint density at radius 3 is 2.52 bits per heavy atom. The second kappa shape index (κ2) is 7.79. The summed E-state index contributed by atoms with van der Waals surface area (Å²) in [5.41, 5.74) is -0.341. The largest absolute Gasteiger partial charge is 0.493 e. The molecule has 0 aliphatic rings. The summed E-state index contributed by atoms with van der Waals surface area (Å²) in [4.78, 5) is 20.6. The lowest BCUT2D eigenvalue weighted by Crippen LogP contribution is -2.25. The minimum atomic E-state index is -0.952. The first-order chi connectivity index (χ1) is 13.6. The molecule has 0 unspecified atom stereocenters. The maximum Gasteiger partial charge on any atom is 0.316 e. The van der Waals surface area contributed by atoms with E-state index in [1.807, 2.05) is 0 Å². The van der Waals surface area contributed by atoms with Gasteiger partial charge in [-0.25, -0.2) is 18.7 Å². The van der Waals surface area contributed by atoms with Crippen molar-refractivity contribution in [2.75, 3.05) is 12.4 Å². The monoisotopic (exact) mass is 421 g/mol. The lowest BCUT2D eigenvalue weighted by Gasteiger charge is -2.18. The van der Waals surface area contributed by atoms with Crippen molar-refractivity contribution >= 4 is 40.0 Å². The molecular weight excluding hydrogens is 404 g/mol. The number of halogens is 3. The van der Waals surface area contributed by atoms with Crippen LogP contribution < -0.4 is 14.8 Å². The van der Waals surface area contributed by atoms with Gasteiger partial charge in [-0.15, -0.1) is 0 Å². The van der Waals surface area contributed by atoms with E-state index in [0.717, 1.165) is 6.07 Å². The number of benzene rings is 2. The molecule has 0 aliphatic heterocycles. The van der Waals surface area contributed by atoms with Crippen molar-refractivity contribution in [2.45, 2.75) is 20.8 Å². The van der Waals surface area contributed by atoms with E-state index in [-0.39, 0.29) is 17.3 Å². The average Bonchev–Trinajstić information content (AvgIpc) is 2.67. The van der Waals surface area contributed by atoms with Crippen molar-refractivity contribution in [3.05, 3.63) is 47.2 Å². The lowest BCUT2D eigenvalue weighted by atomic mass is 9.97. The summed E-state index contributed by atoms with van der Waals surface area (Å²) in [6.07, 6.45) is 1.27. The summed E-state index contributed by atoms with van der Waals surface area (Å²) in [6, 6.07) is 5.33. The Balaban J connectivity index is 2.08. The van der Waals surface area contributed by atoms with E-state index in [1.54, 1.807) is 26.8 Å². The van der Waals surface area contributed by atoms with Gasteiger partial charge in [0.1, 0.15) is 23.0 Å². The summed E-state index contributed by atoms with van der Waals surface area (Å²) < 4.78 is 38.5. The number of carbonyl (C=O) groups excluding carboxylic acids is 1. The van der Waals surface area contributed by atoms with Gasteiger partial charge in [0.25, 0.3) is 0 Å². The maximum absolute atomic E-state index is 14.3. The van der Waals surface area contributed by atoms with Crippen LogP contribution in [0.25, 0.3) is 10.9 Å². The zero-order valence-electron chi connectivity index (χ0n) is 16.1. The summed E-state index contributed by atoms with van der Waals surface area (Å²) in [6.45, 7) is 5.17. The van der Waals surface area contributed by atoms with E-state index in [0.29, 0.717) is 16.7 Å². The van der Waals surface area contributed by atoms with E-state index in [2.05, 4.69) is 15.3 Å². The standard InChI is InChI=1S/C20H18ClF2N3O3/c1-20(2,3)19(27)29-15-7-10-13(8-14(15)28-4)24-9-25-18(10)26-12-6-5-11(22)16(21)17(12)23/h5-9H,1-4H3,(H,24,25,26). The number of rotatable bonds is 4. The number of methoxy groups -OCH3 is 1. The summed E-state index contributed by atoms with van der Waals surface area (Å²) in [5, 5.41) is 2.58. The number of anilines is 2. The van der Waals surface area contributed by atoms with Gasteiger partial charge in [0, 0.05) is 11.5 Å². The van der Waals surface area contributed by atoms with Gasteiger partial charge in [-0.2, -0.15) is 0 Å². The minimum Gasteiger partial charge on any atom is -0.493 e. The predicted molar refractivity (Wildman–Crippen MR) is 106 cm³/mol. The number of nitrogens with zero attached hydrogens (tertiary/aromatic N) is 2. The van der Waals surface area contributed by atoms with Gasteiger partial charge in [0.15, 0.2) is 17.3 Å². The Bertz CT molecular complexity index is 1100. The predicted octanol–water partition coefficient (Wildman–Crippen LogP) is 5.27. The van der Waals surface area contributed by atoms with Crippen molar-refractivity contribution in [2.24, 2.45) is 5.41 Å². The van der Waals surface area contributed by atoms with Crippen LogP contribution in [0, 0.1) is 17.0 Å². The number of ether oxygens (including phenoxy) is 2. The molecule has 0 aliphatic carbocycles. The highest BCUT2D eigenvalue weighted by Crippen LogP contribution is 2.36. The van der Waals surface area contributed by atoms with Crippen molar-refractivity contribution in [3.63, 3.8) is 0 Å². The van der Waals surface area contributed by atoms with Crippen molar-refractivity contribution in [3.8, 4) is 11.5 Å². The van der Waals surface area contributed by atoms with Crippen LogP contribution in [0.5, 0.6) is 11.5 Å². The molecule has 2 aromatic carbocycles. The minimum absolute atomic E-state index is 0.0690. The van der Waals surface area contributed by atoms with Gasteiger partial charge >= 0.3 is 5.97 Å². The zero-order valence-corrected chi connectivity index (χ0v) is 16.9. The van der Waals surface area contributed by atoms with Gasteiger partial charge in [0.05, 0.1) is 23.7 Å². The van der Waals surface area contributed by atoms with Crippen LogP contribution in [0.15, 0.2) is 30.6 Å². The SMILES string of the molecule is COc1cc2ncnc(Nc3ccc(F)c(Cl)c3F)c2cc1OC(=O)C(C)(C)C. The topological polar surface area (TPSA) is 73.3 Å². The van der Waals surface area contributed by atoms with Gasteiger partial charge < -0.3 is 14.8 Å². The summed E-state index contributed by atoms with van der Waals surface area (Å²) >= 11 is 5.64. The fourth-order valence-corrected chi connectivity index (χ4v) is 2.57. The van der Waals surface area contributed by atoms with Crippen molar-refractivity contribution < 1.29 is 23.0 Å². The van der Waals surface area contributed by atoms with E-state index in [9.17, 15) is 13.6 Å². The molecule has 1 aromatic heterocycles. The Morgan fingerprint density at radius 1 is 1.14 bits per heavy atom. The van der Waals surface area contributed by atoms with Crippen LogP contribution in [0.2, 0.25) is 5.02 Å². The number of fused-ring (bicyclic) bond motifs is 1.